The molecule has 0 aliphatic rings. The van der Waals surface area contributed by atoms with Gasteiger partial charge in [-0.15, -0.1) is 11.8 Å². The molecule has 0 aromatic carbocycles. The maximum atomic E-state index is 11.5. The number of rotatable bonds is 7. The lowest BCUT2D eigenvalue weighted by Crippen LogP contribution is -2.08. The zero-order valence-electron chi connectivity index (χ0n) is 13.1. The number of Topliss-reactive ketones (excluding diaryl/α,β-unsaturated/α-hetero) is 1. The van der Waals surface area contributed by atoms with Crippen LogP contribution in [-0.4, -0.2) is 15.6 Å². The maximum Gasteiger partial charge on any atom is 0.135 e. The SMILES string of the molecule is CC(C)C#CCCc1cnn(CCCC(=O)C(C)C)c1. The molecule has 0 atom stereocenters. The molecule has 1 heterocycles. The molecule has 110 valence electrons. The van der Waals surface area contributed by atoms with E-state index in [9.17, 15) is 4.79 Å². The van der Waals surface area contributed by atoms with E-state index >= 15 is 0 Å². The van der Waals surface area contributed by atoms with E-state index in [-0.39, 0.29) is 5.92 Å². The minimum Gasteiger partial charge on any atom is -0.299 e. The molecule has 0 N–H and O–H groups in total. The molecule has 0 saturated carbocycles. The second-order valence-electron chi connectivity index (χ2n) is 5.81. The smallest absolute Gasteiger partial charge is 0.135 e. The number of ketones is 1. The van der Waals surface area contributed by atoms with Crippen LogP contribution in [-0.2, 0) is 17.8 Å². The summed E-state index contributed by atoms with van der Waals surface area (Å²) >= 11 is 0. The third-order valence-corrected chi connectivity index (χ3v) is 3.07. The van der Waals surface area contributed by atoms with Gasteiger partial charge in [0.1, 0.15) is 5.78 Å². The van der Waals surface area contributed by atoms with Crippen LogP contribution in [0.3, 0.4) is 0 Å². The molecule has 0 saturated heterocycles. The van der Waals surface area contributed by atoms with Crippen LogP contribution in [0.15, 0.2) is 12.4 Å². The zero-order valence-corrected chi connectivity index (χ0v) is 13.1. The van der Waals surface area contributed by atoms with Crippen molar-refractivity contribution in [1.29, 1.82) is 0 Å². The van der Waals surface area contributed by atoms with E-state index in [1.54, 1.807) is 0 Å². The Morgan fingerprint density at radius 1 is 1.35 bits per heavy atom. The Bertz CT molecular complexity index is 475. The van der Waals surface area contributed by atoms with Crippen molar-refractivity contribution in [1.82, 2.24) is 9.78 Å². The first-order valence-electron chi connectivity index (χ1n) is 7.51. The Kier molecular flexibility index (Phi) is 7.08. The van der Waals surface area contributed by atoms with Crippen LogP contribution >= 0.6 is 0 Å². The Labute approximate surface area is 122 Å². The summed E-state index contributed by atoms with van der Waals surface area (Å²) in [4.78, 5) is 11.5. The van der Waals surface area contributed by atoms with E-state index in [1.165, 1.54) is 5.56 Å². The lowest BCUT2D eigenvalue weighted by atomic mass is 10.1. The molecule has 1 aromatic rings. The van der Waals surface area contributed by atoms with Gasteiger partial charge < -0.3 is 0 Å². The number of aryl methyl sites for hydroxylation is 2. The minimum atomic E-state index is 0.141. The van der Waals surface area contributed by atoms with Crippen molar-refractivity contribution in [2.75, 3.05) is 0 Å². The quantitative estimate of drug-likeness (QED) is 0.713. The van der Waals surface area contributed by atoms with Gasteiger partial charge in [0.2, 0.25) is 0 Å². The second kappa shape index (κ2) is 8.58. The fraction of sp³-hybridized carbons (Fsp3) is 0.647. The molecular weight excluding hydrogens is 248 g/mol. The molecule has 1 aromatic heterocycles. The molecule has 0 amide bonds. The zero-order chi connectivity index (χ0) is 15.0. The molecule has 0 fully saturated rings. The summed E-state index contributed by atoms with van der Waals surface area (Å²) in [6.07, 6.45) is 7.32. The summed E-state index contributed by atoms with van der Waals surface area (Å²) in [5.74, 6) is 7.26. The molecule has 0 unspecified atom stereocenters. The van der Waals surface area contributed by atoms with Crippen LogP contribution in [0.2, 0.25) is 0 Å². The van der Waals surface area contributed by atoms with Crippen LogP contribution in [0.1, 0.15) is 52.5 Å². The van der Waals surface area contributed by atoms with Crippen LogP contribution in [0.5, 0.6) is 0 Å². The highest BCUT2D eigenvalue weighted by molar-refractivity contribution is 5.80. The Balaban J connectivity index is 2.30. The van der Waals surface area contributed by atoms with E-state index in [1.807, 2.05) is 24.7 Å². The van der Waals surface area contributed by atoms with Gasteiger partial charge in [0.15, 0.2) is 0 Å². The fourth-order valence-electron chi connectivity index (χ4n) is 1.84. The van der Waals surface area contributed by atoms with E-state index in [0.717, 1.165) is 25.8 Å². The molecular formula is C17H26N2O. The van der Waals surface area contributed by atoms with Crippen molar-refractivity contribution in [2.24, 2.45) is 11.8 Å². The first-order chi connectivity index (χ1) is 9.49. The van der Waals surface area contributed by atoms with Gasteiger partial charge in [0.25, 0.3) is 0 Å². The predicted molar refractivity (Wildman–Crippen MR) is 82.2 cm³/mol. The summed E-state index contributed by atoms with van der Waals surface area (Å²) < 4.78 is 1.93. The summed E-state index contributed by atoms with van der Waals surface area (Å²) in [6.45, 7) is 8.92. The monoisotopic (exact) mass is 274 g/mol. The van der Waals surface area contributed by atoms with Gasteiger partial charge in [0, 0.05) is 37.4 Å². The van der Waals surface area contributed by atoms with Gasteiger partial charge in [0.05, 0.1) is 6.20 Å². The highest BCUT2D eigenvalue weighted by Gasteiger charge is 2.06. The van der Waals surface area contributed by atoms with Gasteiger partial charge in [-0.3, -0.25) is 9.48 Å². The number of aromatic nitrogens is 2. The molecule has 0 bridgehead atoms. The molecule has 0 aliphatic carbocycles. The Hall–Kier alpha value is -1.56. The van der Waals surface area contributed by atoms with Gasteiger partial charge in [-0.2, -0.15) is 5.10 Å². The summed E-state index contributed by atoms with van der Waals surface area (Å²) in [7, 11) is 0. The van der Waals surface area contributed by atoms with Gasteiger partial charge in [-0.1, -0.05) is 27.7 Å². The second-order valence-corrected chi connectivity index (χ2v) is 5.81. The van der Waals surface area contributed by atoms with E-state index in [2.05, 4.69) is 37.0 Å². The molecule has 3 nitrogen and oxygen atoms in total. The normalized spacial score (nSPS) is 10.7. The van der Waals surface area contributed by atoms with Crippen LogP contribution in [0.4, 0.5) is 0 Å². The fourth-order valence-corrected chi connectivity index (χ4v) is 1.84. The van der Waals surface area contributed by atoms with Gasteiger partial charge in [-0.25, -0.2) is 0 Å². The predicted octanol–water partition coefficient (Wildman–Crippen LogP) is 3.48. The van der Waals surface area contributed by atoms with Crippen LogP contribution < -0.4 is 0 Å². The lowest BCUT2D eigenvalue weighted by molar-refractivity contribution is -0.122. The first-order valence-corrected chi connectivity index (χ1v) is 7.51. The molecule has 0 spiro atoms. The van der Waals surface area contributed by atoms with Crippen molar-refractivity contribution < 1.29 is 4.79 Å². The van der Waals surface area contributed by atoms with E-state index in [0.29, 0.717) is 18.1 Å². The number of hydrogen-bond donors (Lipinski definition) is 0. The average molecular weight is 274 g/mol. The third kappa shape index (κ3) is 6.56. The number of carbonyl (C=O) groups excluding carboxylic acids is 1. The molecule has 20 heavy (non-hydrogen) atoms. The Morgan fingerprint density at radius 3 is 2.75 bits per heavy atom. The topological polar surface area (TPSA) is 34.9 Å². The van der Waals surface area contributed by atoms with E-state index < -0.39 is 0 Å². The number of nitrogens with zero attached hydrogens (tertiary/aromatic N) is 2. The van der Waals surface area contributed by atoms with Crippen LogP contribution in [0, 0.1) is 23.7 Å². The van der Waals surface area contributed by atoms with Crippen molar-refractivity contribution >= 4 is 5.78 Å². The highest BCUT2D eigenvalue weighted by atomic mass is 16.1. The van der Waals surface area contributed by atoms with Gasteiger partial charge in [-0.05, 0) is 18.4 Å². The molecule has 1 rings (SSSR count). The Morgan fingerprint density at radius 2 is 2.10 bits per heavy atom. The largest absolute Gasteiger partial charge is 0.299 e. The molecule has 3 heteroatoms. The van der Waals surface area contributed by atoms with Crippen molar-refractivity contribution in [3.8, 4) is 11.8 Å². The standard InChI is InChI=1S/C17H26N2O/c1-14(2)8-5-6-9-16-12-18-19(13-16)11-7-10-17(20)15(3)4/h12-15H,6-7,9-11H2,1-4H3. The number of hydrogen-bond acceptors (Lipinski definition) is 2. The summed E-state index contributed by atoms with van der Waals surface area (Å²) in [5, 5.41) is 4.33. The van der Waals surface area contributed by atoms with Gasteiger partial charge >= 0.3 is 0 Å². The van der Waals surface area contributed by atoms with Crippen molar-refractivity contribution in [3.05, 3.63) is 18.0 Å². The summed E-state index contributed by atoms with van der Waals surface area (Å²) in [5.41, 5.74) is 1.22. The first kappa shape index (κ1) is 16.5. The molecule has 0 radical (unpaired) electrons. The lowest BCUT2D eigenvalue weighted by Gasteiger charge is -2.03. The van der Waals surface area contributed by atoms with Crippen LogP contribution in [0.25, 0.3) is 0 Å². The highest BCUT2D eigenvalue weighted by Crippen LogP contribution is 2.06. The summed E-state index contributed by atoms with van der Waals surface area (Å²) in [6, 6.07) is 0. The van der Waals surface area contributed by atoms with E-state index in [4.69, 9.17) is 0 Å². The number of carbonyl (C=O) groups is 1. The van der Waals surface area contributed by atoms with Crippen molar-refractivity contribution in [3.63, 3.8) is 0 Å². The van der Waals surface area contributed by atoms with Crippen molar-refractivity contribution in [2.45, 2.75) is 59.9 Å². The third-order valence-electron chi connectivity index (χ3n) is 3.07. The minimum absolute atomic E-state index is 0.141. The molecule has 0 aliphatic heterocycles. The average Bonchev–Trinajstić information content (AvgIpc) is 2.82. The maximum absolute atomic E-state index is 11.5.